The van der Waals surface area contributed by atoms with Crippen LogP contribution in [-0.4, -0.2) is 40.6 Å². The summed E-state index contributed by atoms with van der Waals surface area (Å²) in [7, 11) is 0. The van der Waals surface area contributed by atoms with E-state index in [1.807, 2.05) is 36.9 Å². The lowest BCUT2D eigenvalue weighted by Crippen LogP contribution is -2.45. The lowest BCUT2D eigenvalue weighted by Gasteiger charge is -2.34. The molecule has 6 heteroatoms. The van der Waals surface area contributed by atoms with Crippen LogP contribution in [0.4, 0.5) is 0 Å². The minimum atomic E-state index is -0.206. The lowest BCUT2D eigenvalue weighted by atomic mass is 10.0. The average Bonchev–Trinajstić information content (AvgIpc) is 3.09. The number of carbonyl (C=O) groups is 1. The number of rotatable bonds is 6. The molecule has 0 bridgehead atoms. The summed E-state index contributed by atoms with van der Waals surface area (Å²) in [6.07, 6.45) is 2.30. The van der Waals surface area contributed by atoms with Crippen LogP contribution in [0.1, 0.15) is 56.9 Å². The Morgan fingerprint density at radius 2 is 2.07 bits per heavy atom. The summed E-state index contributed by atoms with van der Waals surface area (Å²) < 4.78 is 11.4. The quantitative estimate of drug-likeness (QED) is 0.769. The molecule has 146 valence electrons. The number of carbonyl (C=O) groups excluding carboxylic acids is 1. The second-order valence-corrected chi connectivity index (χ2v) is 7.02. The molecule has 0 N–H and O–H groups in total. The molecule has 1 saturated heterocycles. The maximum absolute atomic E-state index is 12.7. The number of pyridine rings is 1. The summed E-state index contributed by atoms with van der Waals surface area (Å²) in [5, 5.41) is 4.08. The number of aromatic nitrogens is 2. The Balaban J connectivity index is 1.82. The van der Waals surface area contributed by atoms with Gasteiger partial charge in [-0.1, -0.05) is 32.0 Å². The molecule has 1 atom stereocenters. The summed E-state index contributed by atoms with van der Waals surface area (Å²) >= 11 is 0. The van der Waals surface area contributed by atoms with Gasteiger partial charge >= 0.3 is 0 Å². The van der Waals surface area contributed by atoms with Crippen LogP contribution in [-0.2, 0) is 16.0 Å². The third kappa shape index (κ3) is 4.05. The molecule has 3 heterocycles. The van der Waals surface area contributed by atoms with Gasteiger partial charge in [0, 0.05) is 18.9 Å². The smallest absolute Gasteiger partial charge is 0.225 e. The van der Waals surface area contributed by atoms with Gasteiger partial charge in [-0.2, -0.15) is 0 Å². The van der Waals surface area contributed by atoms with Crippen LogP contribution in [0.3, 0.4) is 0 Å². The zero-order chi connectivity index (χ0) is 19.4. The van der Waals surface area contributed by atoms with E-state index in [4.69, 9.17) is 14.2 Å². The molecule has 0 radical (unpaired) electrons. The summed E-state index contributed by atoms with van der Waals surface area (Å²) in [6, 6.07) is 5.92. The lowest BCUT2D eigenvalue weighted by molar-refractivity contribution is -0.143. The third-order valence-corrected chi connectivity index (χ3v) is 5.32. The van der Waals surface area contributed by atoms with Crippen molar-refractivity contribution in [3.63, 3.8) is 0 Å². The van der Waals surface area contributed by atoms with Gasteiger partial charge in [0.15, 0.2) is 0 Å². The van der Waals surface area contributed by atoms with E-state index in [1.165, 1.54) is 0 Å². The molecule has 0 aromatic carbocycles. The van der Waals surface area contributed by atoms with Gasteiger partial charge in [0.2, 0.25) is 5.91 Å². The van der Waals surface area contributed by atoms with Gasteiger partial charge < -0.3 is 14.2 Å². The first-order valence-corrected chi connectivity index (χ1v) is 9.91. The van der Waals surface area contributed by atoms with Gasteiger partial charge in [0.25, 0.3) is 0 Å². The summed E-state index contributed by atoms with van der Waals surface area (Å²) in [6.45, 7) is 9.85. The summed E-state index contributed by atoms with van der Waals surface area (Å²) in [5.41, 5.74) is 3.49. The molecule has 1 fully saturated rings. The first kappa shape index (κ1) is 19.5. The van der Waals surface area contributed by atoms with Crippen LogP contribution >= 0.6 is 0 Å². The van der Waals surface area contributed by atoms with E-state index in [-0.39, 0.29) is 17.9 Å². The predicted octanol–water partition coefficient (Wildman–Crippen LogP) is 3.94. The fourth-order valence-corrected chi connectivity index (χ4v) is 3.68. The van der Waals surface area contributed by atoms with Crippen LogP contribution in [0.15, 0.2) is 22.7 Å². The number of ether oxygens (including phenoxy) is 1. The number of nitrogens with zero attached hydrogens (tertiary/aromatic N) is 3. The molecule has 6 nitrogen and oxygen atoms in total. The number of hydrogen-bond acceptors (Lipinski definition) is 5. The van der Waals surface area contributed by atoms with E-state index in [0.717, 1.165) is 47.7 Å². The second kappa shape index (κ2) is 8.65. The highest BCUT2D eigenvalue weighted by Crippen LogP contribution is 2.29. The molecular weight excluding hydrogens is 342 g/mol. The van der Waals surface area contributed by atoms with Gasteiger partial charge in [-0.3, -0.25) is 4.79 Å². The van der Waals surface area contributed by atoms with Crippen molar-refractivity contribution in [1.29, 1.82) is 0 Å². The monoisotopic (exact) mass is 371 g/mol. The van der Waals surface area contributed by atoms with E-state index >= 15 is 0 Å². The highest BCUT2D eigenvalue weighted by atomic mass is 16.5. The molecule has 2 aromatic heterocycles. The average molecular weight is 371 g/mol. The minimum absolute atomic E-state index is 0.0924. The van der Waals surface area contributed by atoms with E-state index < -0.39 is 0 Å². The molecule has 2 aromatic rings. The zero-order valence-electron chi connectivity index (χ0n) is 16.7. The van der Waals surface area contributed by atoms with E-state index in [9.17, 15) is 4.79 Å². The van der Waals surface area contributed by atoms with Crippen LogP contribution in [0.25, 0.3) is 11.3 Å². The van der Waals surface area contributed by atoms with E-state index in [2.05, 4.69) is 19.0 Å². The van der Waals surface area contributed by atoms with Gasteiger partial charge in [-0.25, -0.2) is 4.98 Å². The standard InChI is InChI=1S/C21H29N3O3/c1-5-15(6-2)21(25)24-11-12-26-19(13-24)16-9-8-10-17(22-16)20-14(4)23-27-18(20)7-3/h8-10,15,19H,5-7,11-13H2,1-4H3. The Kier molecular flexibility index (Phi) is 6.26. The van der Waals surface area contributed by atoms with Gasteiger partial charge in [-0.15, -0.1) is 0 Å². The number of amides is 1. The Morgan fingerprint density at radius 1 is 1.30 bits per heavy atom. The number of hydrogen-bond donors (Lipinski definition) is 0. The third-order valence-electron chi connectivity index (χ3n) is 5.32. The van der Waals surface area contributed by atoms with Crippen molar-refractivity contribution in [2.75, 3.05) is 19.7 Å². The molecule has 0 spiro atoms. The summed E-state index contributed by atoms with van der Waals surface area (Å²) in [4.78, 5) is 19.5. The number of morpholine rings is 1. The van der Waals surface area contributed by atoms with Crippen molar-refractivity contribution in [3.05, 3.63) is 35.3 Å². The highest BCUT2D eigenvalue weighted by molar-refractivity contribution is 5.78. The maximum atomic E-state index is 12.7. The van der Waals surface area contributed by atoms with Gasteiger partial charge in [-0.05, 0) is 31.9 Å². The van der Waals surface area contributed by atoms with Crippen molar-refractivity contribution in [2.24, 2.45) is 5.92 Å². The topological polar surface area (TPSA) is 68.5 Å². The van der Waals surface area contributed by atoms with Crippen LogP contribution < -0.4 is 0 Å². The first-order valence-electron chi connectivity index (χ1n) is 9.91. The fraction of sp³-hybridized carbons (Fsp3) is 0.571. The van der Waals surface area contributed by atoms with Crippen molar-refractivity contribution < 1.29 is 14.1 Å². The molecule has 0 saturated carbocycles. The Labute approximate surface area is 160 Å². The number of aryl methyl sites for hydroxylation is 2. The second-order valence-electron chi connectivity index (χ2n) is 7.02. The van der Waals surface area contributed by atoms with Crippen molar-refractivity contribution in [2.45, 2.75) is 53.1 Å². The molecule has 1 aliphatic rings. The Hall–Kier alpha value is -2.21. The first-order chi connectivity index (χ1) is 13.1. The SMILES string of the molecule is CCc1onc(C)c1-c1cccc(C2CN(C(=O)C(CC)CC)CCO2)n1. The van der Waals surface area contributed by atoms with Crippen molar-refractivity contribution in [3.8, 4) is 11.3 Å². The molecule has 1 unspecified atom stereocenters. The van der Waals surface area contributed by atoms with Crippen LogP contribution in [0.5, 0.6) is 0 Å². The normalized spacial score (nSPS) is 17.5. The maximum Gasteiger partial charge on any atom is 0.225 e. The van der Waals surface area contributed by atoms with Gasteiger partial charge in [0.1, 0.15) is 11.9 Å². The van der Waals surface area contributed by atoms with E-state index in [1.54, 1.807) is 0 Å². The zero-order valence-corrected chi connectivity index (χ0v) is 16.7. The molecular formula is C21H29N3O3. The van der Waals surface area contributed by atoms with Crippen LogP contribution in [0.2, 0.25) is 0 Å². The molecule has 1 aliphatic heterocycles. The molecule has 3 rings (SSSR count). The predicted molar refractivity (Wildman–Crippen MR) is 103 cm³/mol. The summed E-state index contributed by atoms with van der Waals surface area (Å²) in [5.74, 6) is 1.16. The van der Waals surface area contributed by atoms with Gasteiger partial charge in [0.05, 0.1) is 35.8 Å². The van der Waals surface area contributed by atoms with Crippen LogP contribution in [0, 0.1) is 12.8 Å². The Bertz CT molecular complexity index is 783. The van der Waals surface area contributed by atoms with Crippen molar-refractivity contribution in [1.82, 2.24) is 15.0 Å². The highest BCUT2D eigenvalue weighted by Gasteiger charge is 2.29. The van der Waals surface area contributed by atoms with Crippen molar-refractivity contribution >= 4 is 5.91 Å². The Morgan fingerprint density at radius 3 is 2.78 bits per heavy atom. The minimum Gasteiger partial charge on any atom is -0.368 e. The fourth-order valence-electron chi connectivity index (χ4n) is 3.68. The van der Waals surface area contributed by atoms with E-state index in [0.29, 0.717) is 19.7 Å². The molecule has 0 aliphatic carbocycles. The largest absolute Gasteiger partial charge is 0.368 e. The molecule has 27 heavy (non-hydrogen) atoms. The molecule has 1 amide bonds.